The van der Waals surface area contributed by atoms with Crippen LogP contribution in [0.3, 0.4) is 0 Å². The van der Waals surface area contributed by atoms with E-state index in [0.29, 0.717) is 30.1 Å². The summed E-state index contributed by atoms with van der Waals surface area (Å²) in [4.78, 5) is 32.6. The third-order valence-electron chi connectivity index (χ3n) is 3.87. The SMILES string of the molecule is CCOC(=O)c1ccccc1Nc1ccnc(C(=O)NCc2cccnc2)c1. The first-order valence-electron chi connectivity index (χ1n) is 8.83. The van der Waals surface area contributed by atoms with Gasteiger partial charge in [-0.15, -0.1) is 0 Å². The van der Waals surface area contributed by atoms with Crippen LogP contribution in [0.15, 0.2) is 67.1 Å². The van der Waals surface area contributed by atoms with Crippen LogP contribution in [0.25, 0.3) is 0 Å². The van der Waals surface area contributed by atoms with Gasteiger partial charge in [0, 0.05) is 30.8 Å². The number of amides is 1. The Morgan fingerprint density at radius 3 is 2.71 bits per heavy atom. The number of aromatic nitrogens is 2. The molecular formula is C21H20N4O3. The second kappa shape index (κ2) is 9.27. The van der Waals surface area contributed by atoms with Gasteiger partial charge in [0.2, 0.25) is 0 Å². The van der Waals surface area contributed by atoms with Crippen LogP contribution in [-0.4, -0.2) is 28.5 Å². The third kappa shape index (κ3) is 4.91. The standard InChI is InChI=1S/C21H20N4O3/c1-2-28-21(27)17-7-3-4-8-18(17)25-16-9-11-23-19(12-16)20(26)24-14-15-6-5-10-22-13-15/h3-13H,2,14H2,1H3,(H,23,25)(H,24,26). The molecule has 2 heterocycles. The van der Waals surface area contributed by atoms with Gasteiger partial charge in [-0.3, -0.25) is 14.8 Å². The van der Waals surface area contributed by atoms with E-state index >= 15 is 0 Å². The van der Waals surface area contributed by atoms with Crippen LogP contribution >= 0.6 is 0 Å². The number of hydrogen-bond donors (Lipinski definition) is 2. The highest BCUT2D eigenvalue weighted by molar-refractivity contribution is 5.97. The summed E-state index contributed by atoms with van der Waals surface area (Å²) in [6.45, 7) is 2.41. The predicted octanol–water partition coefficient (Wildman–Crippen LogP) is 3.33. The summed E-state index contributed by atoms with van der Waals surface area (Å²) in [5.74, 6) is -0.708. The lowest BCUT2D eigenvalue weighted by Gasteiger charge is -2.12. The number of rotatable bonds is 7. The van der Waals surface area contributed by atoms with Gasteiger partial charge in [-0.2, -0.15) is 0 Å². The van der Waals surface area contributed by atoms with Crippen molar-refractivity contribution in [2.75, 3.05) is 11.9 Å². The molecule has 0 aliphatic heterocycles. The molecule has 0 spiro atoms. The fourth-order valence-corrected chi connectivity index (χ4v) is 2.54. The molecule has 0 radical (unpaired) electrons. The topological polar surface area (TPSA) is 93.2 Å². The lowest BCUT2D eigenvalue weighted by Crippen LogP contribution is -2.23. The van der Waals surface area contributed by atoms with Crippen molar-refractivity contribution in [1.29, 1.82) is 0 Å². The number of hydrogen-bond acceptors (Lipinski definition) is 6. The van der Waals surface area contributed by atoms with Crippen LogP contribution in [0.1, 0.15) is 33.3 Å². The van der Waals surface area contributed by atoms with Crippen molar-refractivity contribution in [3.63, 3.8) is 0 Å². The monoisotopic (exact) mass is 376 g/mol. The minimum Gasteiger partial charge on any atom is -0.462 e. The van der Waals surface area contributed by atoms with E-state index in [9.17, 15) is 9.59 Å². The van der Waals surface area contributed by atoms with Crippen LogP contribution < -0.4 is 10.6 Å². The summed E-state index contributed by atoms with van der Waals surface area (Å²) in [6.07, 6.45) is 4.91. The Hall–Kier alpha value is -3.74. The number of carbonyl (C=O) groups excluding carboxylic acids is 2. The summed E-state index contributed by atoms with van der Waals surface area (Å²) in [7, 11) is 0. The molecule has 0 unspecified atom stereocenters. The molecule has 0 aliphatic rings. The Balaban J connectivity index is 1.72. The Morgan fingerprint density at radius 1 is 1.07 bits per heavy atom. The van der Waals surface area contributed by atoms with Crippen molar-refractivity contribution >= 4 is 23.3 Å². The van der Waals surface area contributed by atoms with E-state index < -0.39 is 5.97 Å². The van der Waals surface area contributed by atoms with E-state index in [1.165, 1.54) is 6.20 Å². The number of carbonyl (C=O) groups is 2. The summed E-state index contributed by atoms with van der Waals surface area (Å²) in [6, 6.07) is 14.1. The number of ether oxygens (including phenoxy) is 1. The van der Waals surface area contributed by atoms with Crippen molar-refractivity contribution in [2.24, 2.45) is 0 Å². The van der Waals surface area contributed by atoms with Crippen LogP contribution in [0.5, 0.6) is 0 Å². The molecule has 1 aromatic carbocycles. The zero-order valence-corrected chi connectivity index (χ0v) is 15.4. The number of nitrogens with zero attached hydrogens (tertiary/aromatic N) is 2. The Kier molecular flexibility index (Phi) is 6.30. The fraction of sp³-hybridized carbons (Fsp3) is 0.143. The molecule has 1 amide bonds. The molecule has 7 nitrogen and oxygen atoms in total. The number of nitrogens with one attached hydrogen (secondary N) is 2. The maximum absolute atomic E-state index is 12.4. The largest absolute Gasteiger partial charge is 0.462 e. The van der Waals surface area contributed by atoms with Crippen LogP contribution in [0.4, 0.5) is 11.4 Å². The van der Waals surface area contributed by atoms with Gasteiger partial charge in [0.15, 0.2) is 0 Å². The average molecular weight is 376 g/mol. The molecule has 2 aromatic heterocycles. The van der Waals surface area contributed by atoms with Gasteiger partial charge >= 0.3 is 5.97 Å². The van der Waals surface area contributed by atoms with Crippen LogP contribution in [-0.2, 0) is 11.3 Å². The van der Waals surface area contributed by atoms with Crippen LogP contribution in [0, 0.1) is 0 Å². The normalized spacial score (nSPS) is 10.2. The highest BCUT2D eigenvalue weighted by Crippen LogP contribution is 2.22. The van der Waals surface area contributed by atoms with Gasteiger partial charge in [-0.05, 0) is 42.8 Å². The van der Waals surface area contributed by atoms with Gasteiger partial charge in [0.05, 0.1) is 17.9 Å². The highest BCUT2D eigenvalue weighted by atomic mass is 16.5. The number of benzene rings is 1. The molecule has 28 heavy (non-hydrogen) atoms. The molecule has 0 saturated heterocycles. The molecule has 0 saturated carbocycles. The summed E-state index contributed by atoms with van der Waals surface area (Å²) < 4.78 is 5.08. The van der Waals surface area contributed by atoms with E-state index in [1.807, 2.05) is 18.2 Å². The van der Waals surface area contributed by atoms with Gasteiger partial charge in [0.25, 0.3) is 5.91 Å². The molecule has 3 rings (SSSR count). The maximum Gasteiger partial charge on any atom is 0.340 e. The molecule has 0 aliphatic carbocycles. The number of esters is 1. The van der Waals surface area contributed by atoms with Crippen molar-refractivity contribution in [3.8, 4) is 0 Å². The predicted molar refractivity (Wildman–Crippen MR) is 105 cm³/mol. The van der Waals surface area contributed by atoms with E-state index in [-0.39, 0.29) is 11.6 Å². The minimum atomic E-state index is -0.408. The van der Waals surface area contributed by atoms with Crippen molar-refractivity contribution in [2.45, 2.75) is 13.5 Å². The molecular weight excluding hydrogens is 356 g/mol. The third-order valence-corrected chi connectivity index (χ3v) is 3.87. The first kappa shape index (κ1) is 19.0. The van der Waals surface area contributed by atoms with Crippen LogP contribution in [0.2, 0.25) is 0 Å². The zero-order valence-electron chi connectivity index (χ0n) is 15.4. The Morgan fingerprint density at radius 2 is 1.93 bits per heavy atom. The molecule has 3 aromatic rings. The van der Waals surface area contributed by atoms with Gasteiger partial charge in [-0.25, -0.2) is 4.79 Å². The number of anilines is 2. The van der Waals surface area contributed by atoms with E-state index in [0.717, 1.165) is 5.56 Å². The van der Waals surface area contributed by atoms with E-state index in [1.54, 1.807) is 49.6 Å². The van der Waals surface area contributed by atoms with Crippen molar-refractivity contribution in [3.05, 3.63) is 83.9 Å². The zero-order chi connectivity index (χ0) is 19.8. The second-order valence-corrected chi connectivity index (χ2v) is 5.86. The quantitative estimate of drug-likeness (QED) is 0.615. The Bertz CT molecular complexity index is 961. The lowest BCUT2D eigenvalue weighted by atomic mass is 10.1. The molecule has 0 bridgehead atoms. The first-order valence-corrected chi connectivity index (χ1v) is 8.83. The smallest absolute Gasteiger partial charge is 0.340 e. The summed E-state index contributed by atoms with van der Waals surface area (Å²) >= 11 is 0. The van der Waals surface area contributed by atoms with E-state index in [2.05, 4.69) is 20.6 Å². The minimum absolute atomic E-state index is 0.266. The van der Waals surface area contributed by atoms with Crippen molar-refractivity contribution < 1.29 is 14.3 Å². The van der Waals surface area contributed by atoms with Gasteiger partial charge in [0.1, 0.15) is 5.69 Å². The van der Waals surface area contributed by atoms with E-state index in [4.69, 9.17) is 4.74 Å². The number of pyridine rings is 2. The summed E-state index contributed by atoms with van der Waals surface area (Å²) in [5, 5.41) is 5.96. The summed E-state index contributed by atoms with van der Waals surface area (Å²) in [5.41, 5.74) is 2.81. The second-order valence-electron chi connectivity index (χ2n) is 5.86. The molecule has 2 N–H and O–H groups in total. The molecule has 7 heteroatoms. The average Bonchev–Trinajstić information content (AvgIpc) is 2.73. The maximum atomic E-state index is 12.4. The van der Waals surface area contributed by atoms with Gasteiger partial charge in [-0.1, -0.05) is 18.2 Å². The highest BCUT2D eigenvalue weighted by Gasteiger charge is 2.13. The lowest BCUT2D eigenvalue weighted by molar-refractivity contribution is 0.0527. The number of para-hydroxylation sites is 1. The van der Waals surface area contributed by atoms with Crippen molar-refractivity contribution in [1.82, 2.24) is 15.3 Å². The molecule has 0 fully saturated rings. The van der Waals surface area contributed by atoms with Gasteiger partial charge < -0.3 is 15.4 Å². The first-order chi connectivity index (χ1) is 13.7. The Labute approximate surface area is 162 Å². The molecule has 142 valence electrons. The molecule has 0 atom stereocenters. The fourth-order valence-electron chi connectivity index (χ4n) is 2.54.